The predicted molar refractivity (Wildman–Crippen MR) is 464 cm³/mol. The van der Waals surface area contributed by atoms with E-state index in [2.05, 4.69) is 50.4 Å². The Labute approximate surface area is 716 Å². The average molecular weight is 1690 g/mol. The molecular formula is C93H123N15O15. The molecule has 30 heteroatoms. The number of carboxylic acids is 3. The van der Waals surface area contributed by atoms with E-state index in [9.17, 15) is 53.4 Å². The minimum absolute atomic E-state index is 0.0301. The number of carbonyl (C=O) groups is 6. The Morgan fingerprint density at radius 3 is 1.01 bits per heavy atom. The molecule has 6 saturated carbocycles. The van der Waals surface area contributed by atoms with Gasteiger partial charge in [0.1, 0.15) is 0 Å². The van der Waals surface area contributed by atoms with Gasteiger partial charge in [-0.05, 0) is 214 Å². The highest BCUT2D eigenvalue weighted by Gasteiger charge is 2.50. The van der Waals surface area contributed by atoms with E-state index in [0.717, 1.165) is 118 Å². The lowest BCUT2D eigenvalue weighted by molar-refractivity contribution is -0.142. The standard InChI is InChI=1S/C32H43N5O5.C31H41N5O5.C30H39N5O5/c1-18(2)29(30(33)38)42-35-28(32(40)41)27-31(39)37(26-12-4-3-11-25(26)34-27)24-16-21-9-6-10-22(17-24)36(21)23-14-19-7-5-8-20(13-19)15-23;1-32-30(39)28(34-41-18-27(37)38)29-31(40)36(26-12-5-4-11-25(26)33-29)24-16-21-9-6-10-22(17-24)35(21)23-14-19-7-2-3-8-20(13-19)15-23;1-17(28(31)36)40-33-27(30(38)39)26-29(37)35(25-11-3-2-10-24(25)32-26)23-15-20-8-5-9-21(16-23)34(20)22-13-18-6-4-7-19(12-18)14-22/h3-4,11-12,18-24,29H,5-10,13-17H2,1-2H3,(H2,33,38)(H,40,41);4-5,11-12,19-24H,2-3,6-10,13-18H2,1H3,(H,32,39)(H,37,38);2-3,10-11,17-23H,4-9,12-16H2,1H3,(H2,31,36)(H,38,39)/b35-28-;34-28-;33-27-/t19-,20+,21-,22+,23?,24?,29?;19-,20+,21-,22+,23?,24?;17?,18-,19+,20-,21+,22?,23?. The highest BCUT2D eigenvalue weighted by molar-refractivity contribution is 6.45. The molecule has 8 N–H and O–H groups in total. The van der Waals surface area contributed by atoms with Crippen LogP contribution in [0.4, 0.5) is 0 Å². The van der Waals surface area contributed by atoms with Crippen LogP contribution in [0.5, 0.6) is 0 Å². The Morgan fingerprint density at radius 1 is 0.398 bits per heavy atom. The number of aromatic nitrogens is 6. The quantitative estimate of drug-likeness (QED) is 0.0271. The summed E-state index contributed by atoms with van der Waals surface area (Å²) in [5.74, 6) is -1.55. The van der Waals surface area contributed by atoms with Crippen molar-refractivity contribution in [3.05, 3.63) is 121 Å². The molecule has 12 fully saturated rings. The zero-order chi connectivity index (χ0) is 86.0. The fourth-order valence-electron chi connectivity index (χ4n) is 25.2. The van der Waals surface area contributed by atoms with Gasteiger partial charge in [0.15, 0.2) is 22.8 Å². The average Bonchev–Trinajstić information content (AvgIpc) is 1.08. The van der Waals surface area contributed by atoms with Gasteiger partial charge in [-0.1, -0.05) is 149 Å². The second kappa shape index (κ2) is 37.9. The Bertz CT molecular complexity index is 5140. The molecule has 30 nitrogen and oxygen atoms in total. The van der Waals surface area contributed by atoms with E-state index >= 15 is 0 Å². The van der Waals surface area contributed by atoms with Crippen molar-refractivity contribution in [3.8, 4) is 0 Å². The number of para-hydroxylation sites is 6. The number of benzene rings is 3. The van der Waals surface area contributed by atoms with Crippen LogP contribution < -0.4 is 33.5 Å². The van der Waals surface area contributed by atoms with Crippen molar-refractivity contribution in [2.45, 2.75) is 324 Å². The van der Waals surface area contributed by atoms with E-state index in [4.69, 9.17) is 31.1 Å². The van der Waals surface area contributed by atoms with Crippen LogP contribution >= 0.6 is 0 Å². The second-order valence-electron chi connectivity index (χ2n) is 38.2. The number of nitrogens with one attached hydrogen (secondary N) is 1. The molecule has 0 spiro atoms. The summed E-state index contributed by atoms with van der Waals surface area (Å²) in [5, 5.41) is 42.7. The number of amides is 3. The van der Waals surface area contributed by atoms with Gasteiger partial charge >= 0.3 is 17.9 Å². The number of piperidine rings is 6. The van der Waals surface area contributed by atoms with Crippen LogP contribution in [0.2, 0.25) is 0 Å². The van der Waals surface area contributed by atoms with Gasteiger partial charge in [-0.25, -0.2) is 29.3 Å². The highest BCUT2D eigenvalue weighted by Crippen LogP contribution is 2.52. The molecule has 12 bridgehead atoms. The van der Waals surface area contributed by atoms with Gasteiger partial charge in [-0.2, -0.15) is 0 Å². The number of hydrogen-bond donors (Lipinski definition) is 6. The van der Waals surface area contributed by atoms with Crippen molar-refractivity contribution in [1.82, 2.24) is 48.7 Å². The summed E-state index contributed by atoms with van der Waals surface area (Å²) in [5.41, 5.74) is 10.7. The van der Waals surface area contributed by atoms with Crippen molar-refractivity contribution in [1.29, 1.82) is 0 Å². The monoisotopic (exact) mass is 1690 g/mol. The Hall–Kier alpha value is -9.81. The number of primary amides is 2. The fourth-order valence-corrected chi connectivity index (χ4v) is 25.2. The molecule has 8 unspecified atom stereocenters. The molecule has 9 heterocycles. The number of nitrogens with zero attached hydrogens (tertiary/aromatic N) is 12. The first-order valence-corrected chi connectivity index (χ1v) is 46.0. The maximum atomic E-state index is 14.2. The normalized spacial score (nSPS) is 30.9. The second-order valence-corrected chi connectivity index (χ2v) is 38.2. The molecule has 6 aromatic rings. The van der Waals surface area contributed by atoms with Crippen molar-refractivity contribution in [2.24, 2.45) is 68.4 Å². The van der Waals surface area contributed by atoms with E-state index < -0.39 is 82.5 Å². The first kappa shape index (κ1) is 86.7. The van der Waals surface area contributed by atoms with Crippen LogP contribution in [0.3, 0.4) is 0 Å². The van der Waals surface area contributed by atoms with Crippen molar-refractivity contribution in [3.63, 3.8) is 0 Å². The van der Waals surface area contributed by atoms with E-state index in [1.165, 1.54) is 155 Å². The molecule has 660 valence electrons. The maximum absolute atomic E-state index is 14.2. The molecule has 12 aliphatic rings. The summed E-state index contributed by atoms with van der Waals surface area (Å²) in [6.07, 6.45) is 39.2. The molecule has 18 rings (SSSR count). The van der Waals surface area contributed by atoms with Gasteiger partial charge in [-0.3, -0.25) is 43.5 Å². The zero-order valence-corrected chi connectivity index (χ0v) is 71.6. The molecule has 20 atom stereocenters. The SMILES string of the molecule is CC(C)C(O/N=C(\C(=O)O)c1nc2ccccc2n(C2C[C@H]3CCC[C@@H](C2)N3C2C[C@H]3CCC[C@@H](C2)C3)c1=O)C(N)=O.CC(O/N=C(\C(=O)O)c1nc2ccccc2n(C2C[C@H]3CCC[C@@H](C2)N3C2C[C@H]3CCC[C@@H](C2)C3)c1=O)C(N)=O.CNC(=O)/C(=N\OCC(=O)O)c1nc2ccccc2n(C2C[C@H]3CCC[C@@H](C2)N3C2C[C@H]3CCCC[C@@H](C2)C3)c1=O. The number of fused-ring (bicyclic) bond motifs is 15. The zero-order valence-electron chi connectivity index (χ0n) is 71.6. The van der Waals surface area contributed by atoms with Gasteiger partial charge in [0.2, 0.25) is 30.2 Å². The summed E-state index contributed by atoms with van der Waals surface area (Å²) in [6, 6.07) is 26.5. The number of rotatable bonds is 22. The lowest BCUT2D eigenvalue weighted by atomic mass is 9.68. The third-order valence-electron chi connectivity index (χ3n) is 30.0. The summed E-state index contributed by atoms with van der Waals surface area (Å²) < 4.78 is 5.35. The summed E-state index contributed by atoms with van der Waals surface area (Å²) >= 11 is 0. The van der Waals surface area contributed by atoms with Crippen molar-refractivity contribution in [2.75, 3.05) is 13.7 Å². The minimum Gasteiger partial charge on any atom is -0.479 e. The number of likely N-dealkylation sites (N-methyl/N-ethyl adjacent to an activating group) is 1. The molecule has 6 saturated heterocycles. The van der Waals surface area contributed by atoms with Gasteiger partial charge in [-0.15, -0.1) is 0 Å². The van der Waals surface area contributed by atoms with Crippen LogP contribution in [0, 0.1) is 41.4 Å². The molecule has 6 aliphatic heterocycles. The molecular weight excluding hydrogens is 1570 g/mol. The van der Waals surface area contributed by atoms with E-state index in [1.54, 1.807) is 35.1 Å². The maximum Gasteiger partial charge on any atom is 0.360 e. The lowest BCUT2D eigenvalue weighted by Gasteiger charge is -2.55. The van der Waals surface area contributed by atoms with Crippen molar-refractivity contribution >= 4 is 85.9 Å². The van der Waals surface area contributed by atoms with Gasteiger partial charge in [0.25, 0.3) is 34.4 Å². The number of aliphatic carboxylic acids is 3. The number of hydrogen-bond acceptors (Lipinski definition) is 21. The summed E-state index contributed by atoms with van der Waals surface area (Å²) in [7, 11) is 1.42. The van der Waals surface area contributed by atoms with E-state index in [1.807, 2.05) is 65.2 Å². The molecule has 3 amide bonds. The minimum atomic E-state index is -1.46. The van der Waals surface area contributed by atoms with Crippen molar-refractivity contribution < 1.29 is 58.6 Å². The van der Waals surface area contributed by atoms with Gasteiger partial charge < -0.3 is 60.3 Å². The van der Waals surface area contributed by atoms with Crippen LogP contribution in [-0.4, -0.2) is 192 Å². The van der Waals surface area contributed by atoms with Gasteiger partial charge in [0, 0.05) is 85.5 Å². The van der Waals surface area contributed by atoms with Gasteiger partial charge in [0.05, 0.1) is 33.1 Å². The Balaban J connectivity index is 0.000000137. The molecule has 3 aromatic carbocycles. The molecule has 6 aliphatic carbocycles. The molecule has 3 aromatic heterocycles. The smallest absolute Gasteiger partial charge is 0.360 e. The van der Waals surface area contributed by atoms with Crippen LogP contribution in [0.1, 0.15) is 274 Å². The van der Waals surface area contributed by atoms with E-state index in [0.29, 0.717) is 82.0 Å². The topological polar surface area (TPSA) is 406 Å². The number of carboxylic acid groups (broad SMARTS) is 3. The molecule has 0 radical (unpaired) electrons. The first-order chi connectivity index (χ1) is 59.4. The van der Waals surface area contributed by atoms with Crippen LogP contribution in [0.15, 0.2) is 103 Å². The molecule has 123 heavy (non-hydrogen) atoms. The number of nitrogens with two attached hydrogens (primary N) is 2. The number of oxime groups is 3. The van der Waals surface area contributed by atoms with Crippen LogP contribution in [-0.2, 0) is 43.3 Å². The van der Waals surface area contributed by atoms with Crippen LogP contribution in [0.25, 0.3) is 33.1 Å². The third-order valence-corrected chi connectivity index (χ3v) is 30.0. The fraction of sp³-hybridized carbons (Fsp3) is 0.645. The third kappa shape index (κ3) is 18.7. The summed E-state index contributed by atoms with van der Waals surface area (Å²) in [4.78, 5) is 151. The lowest BCUT2D eigenvalue weighted by Crippen LogP contribution is -2.58. The Kier molecular flexibility index (Phi) is 26.7. The summed E-state index contributed by atoms with van der Waals surface area (Å²) in [6.45, 7) is 4.07. The highest BCUT2D eigenvalue weighted by atomic mass is 16.6. The largest absolute Gasteiger partial charge is 0.479 e. The number of carbonyl (C=O) groups excluding carboxylic acids is 3. The first-order valence-electron chi connectivity index (χ1n) is 46.0. The predicted octanol–water partition coefficient (Wildman–Crippen LogP) is 11.7. The Morgan fingerprint density at radius 2 is 0.707 bits per heavy atom. The van der Waals surface area contributed by atoms with E-state index in [-0.39, 0.29) is 46.8 Å².